The number of nitrogens with one attached hydrogen (secondary N) is 1. The lowest BCUT2D eigenvalue weighted by atomic mass is 10.2. The monoisotopic (exact) mass is 316 g/mol. The van der Waals surface area contributed by atoms with Crippen molar-refractivity contribution in [1.82, 2.24) is 4.98 Å². The third-order valence-electron chi connectivity index (χ3n) is 2.84. The van der Waals surface area contributed by atoms with Gasteiger partial charge in [0.2, 0.25) is 5.91 Å². The molecule has 0 bridgehead atoms. The van der Waals surface area contributed by atoms with Gasteiger partial charge in [-0.15, -0.1) is 0 Å². The Hall–Kier alpha value is -2.47. The van der Waals surface area contributed by atoms with Gasteiger partial charge in [0.05, 0.1) is 5.69 Å². The van der Waals surface area contributed by atoms with Crippen molar-refractivity contribution in [1.29, 1.82) is 0 Å². The van der Waals surface area contributed by atoms with Crippen LogP contribution in [0.5, 0.6) is 0 Å². The number of amides is 1. The molecule has 1 aromatic heterocycles. The smallest absolute Gasteiger partial charge is 0.348 e. The van der Waals surface area contributed by atoms with Crippen molar-refractivity contribution in [2.45, 2.75) is 13.8 Å². The number of nitrogens with zero attached hydrogens (tertiary/aromatic N) is 1. The Balaban J connectivity index is 2.26. The van der Waals surface area contributed by atoms with Gasteiger partial charge in [-0.3, -0.25) is 4.79 Å². The van der Waals surface area contributed by atoms with Gasteiger partial charge in [0.15, 0.2) is 5.13 Å². The molecule has 1 aromatic carbocycles. The van der Waals surface area contributed by atoms with E-state index in [0.717, 1.165) is 16.9 Å². The van der Waals surface area contributed by atoms with Crippen LogP contribution in [0.25, 0.3) is 12.2 Å². The van der Waals surface area contributed by atoms with Gasteiger partial charge < -0.3 is 10.4 Å². The fraction of sp³-hybridized carbons (Fsp3) is 0.188. The molecule has 2 rings (SSSR count). The summed E-state index contributed by atoms with van der Waals surface area (Å²) in [5.41, 5.74) is 1.28. The molecule has 6 heteroatoms. The van der Waals surface area contributed by atoms with Crippen LogP contribution in [0.1, 0.15) is 34.8 Å². The molecule has 0 saturated carbocycles. The second-order valence-electron chi connectivity index (χ2n) is 4.93. The maximum atomic E-state index is 11.7. The van der Waals surface area contributed by atoms with Gasteiger partial charge in [0.1, 0.15) is 4.88 Å². The zero-order valence-corrected chi connectivity index (χ0v) is 13.1. The Morgan fingerprint density at radius 3 is 2.50 bits per heavy atom. The van der Waals surface area contributed by atoms with Crippen LogP contribution < -0.4 is 5.32 Å². The third-order valence-corrected chi connectivity index (χ3v) is 3.81. The van der Waals surface area contributed by atoms with Gasteiger partial charge in [-0.25, -0.2) is 9.78 Å². The molecule has 2 aromatic rings. The summed E-state index contributed by atoms with van der Waals surface area (Å²) in [6, 6.07) is 9.51. The summed E-state index contributed by atoms with van der Waals surface area (Å²) >= 11 is 0.955. The first-order chi connectivity index (χ1) is 10.5. The zero-order chi connectivity index (χ0) is 16.1. The molecule has 0 saturated heterocycles. The fourth-order valence-corrected chi connectivity index (χ4v) is 2.44. The number of hydrogen-bond acceptors (Lipinski definition) is 4. The summed E-state index contributed by atoms with van der Waals surface area (Å²) in [4.78, 5) is 27.3. The second-order valence-corrected chi connectivity index (χ2v) is 5.93. The van der Waals surface area contributed by atoms with Crippen LogP contribution in [0.2, 0.25) is 0 Å². The molecule has 1 amide bonds. The second kappa shape index (κ2) is 7.00. The molecule has 0 radical (unpaired) electrons. The number of thiazole rings is 1. The summed E-state index contributed by atoms with van der Waals surface area (Å²) in [7, 11) is 0. The van der Waals surface area contributed by atoms with Crippen molar-refractivity contribution in [3.63, 3.8) is 0 Å². The predicted octanol–water partition coefficient (Wildman–Crippen LogP) is 3.61. The average molecular weight is 316 g/mol. The fourth-order valence-electron chi connectivity index (χ4n) is 1.64. The highest BCUT2D eigenvalue weighted by Crippen LogP contribution is 2.25. The summed E-state index contributed by atoms with van der Waals surface area (Å²) in [6.45, 7) is 3.52. The van der Waals surface area contributed by atoms with Gasteiger partial charge in [-0.05, 0) is 11.6 Å². The topological polar surface area (TPSA) is 79.3 Å². The van der Waals surface area contributed by atoms with Gasteiger partial charge in [-0.1, -0.05) is 61.6 Å². The number of aromatic nitrogens is 1. The minimum absolute atomic E-state index is 0.103. The standard InChI is InChI=1S/C16H16N2O3S/c1-10(2)14(19)18-16-17-12(13(22-16)15(20)21)9-8-11-6-4-3-5-7-11/h3-10H,1-2H3,(H,20,21)(H,17,18,19)/b9-8+. The van der Waals surface area contributed by atoms with E-state index in [1.165, 1.54) is 0 Å². The molecule has 0 spiro atoms. The number of aromatic carboxylic acids is 1. The lowest BCUT2D eigenvalue weighted by molar-refractivity contribution is -0.118. The number of carboxylic acids is 1. The van der Waals surface area contributed by atoms with E-state index in [0.29, 0.717) is 10.8 Å². The van der Waals surface area contributed by atoms with Gasteiger partial charge in [0, 0.05) is 5.92 Å². The van der Waals surface area contributed by atoms with E-state index in [1.54, 1.807) is 26.0 Å². The quantitative estimate of drug-likeness (QED) is 0.883. The minimum atomic E-state index is -1.06. The lowest BCUT2D eigenvalue weighted by Gasteiger charge is -2.02. The maximum Gasteiger partial charge on any atom is 0.348 e. The predicted molar refractivity (Wildman–Crippen MR) is 87.9 cm³/mol. The average Bonchev–Trinajstić information content (AvgIpc) is 2.89. The van der Waals surface area contributed by atoms with Crippen molar-refractivity contribution in [3.8, 4) is 0 Å². The molecule has 114 valence electrons. The van der Waals surface area contributed by atoms with Crippen molar-refractivity contribution in [3.05, 3.63) is 46.5 Å². The number of anilines is 1. The molecular weight excluding hydrogens is 300 g/mol. The highest BCUT2D eigenvalue weighted by atomic mass is 32.1. The molecule has 1 heterocycles. The van der Waals surface area contributed by atoms with Crippen molar-refractivity contribution >= 4 is 40.5 Å². The summed E-state index contributed by atoms with van der Waals surface area (Å²) < 4.78 is 0. The number of carbonyl (C=O) groups excluding carboxylic acids is 1. The first kappa shape index (κ1) is 15.9. The van der Waals surface area contributed by atoms with Crippen LogP contribution in [0, 0.1) is 5.92 Å². The van der Waals surface area contributed by atoms with Crippen molar-refractivity contribution in [2.75, 3.05) is 5.32 Å². The minimum Gasteiger partial charge on any atom is -0.477 e. The van der Waals surface area contributed by atoms with Crippen molar-refractivity contribution in [2.24, 2.45) is 5.92 Å². The first-order valence-electron chi connectivity index (χ1n) is 6.75. The molecule has 0 fully saturated rings. The Morgan fingerprint density at radius 2 is 1.91 bits per heavy atom. The lowest BCUT2D eigenvalue weighted by Crippen LogP contribution is -2.17. The normalized spacial score (nSPS) is 11.0. The molecule has 0 aliphatic heterocycles. The van der Waals surface area contributed by atoms with Crippen LogP contribution in [-0.2, 0) is 4.79 Å². The molecule has 5 nitrogen and oxygen atoms in total. The van der Waals surface area contributed by atoms with E-state index < -0.39 is 5.97 Å². The molecular formula is C16H16N2O3S. The van der Waals surface area contributed by atoms with E-state index in [-0.39, 0.29) is 16.7 Å². The highest BCUT2D eigenvalue weighted by molar-refractivity contribution is 7.17. The van der Waals surface area contributed by atoms with E-state index in [2.05, 4.69) is 10.3 Å². The summed E-state index contributed by atoms with van der Waals surface area (Å²) in [6.07, 6.45) is 3.43. The number of carbonyl (C=O) groups is 2. The number of carboxylic acid groups (broad SMARTS) is 1. The Bertz CT molecular complexity index is 705. The SMILES string of the molecule is CC(C)C(=O)Nc1nc(/C=C/c2ccccc2)c(C(=O)O)s1. The molecule has 0 unspecified atom stereocenters. The maximum absolute atomic E-state index is 11.7. The molecule has 2 N–H and O–H groups in total. The van der Waals surface area contributed by atoms with Crippen molar-refractivity contribution < 1.29 is 14.7 Å². The zero-order valence-electron chi connectivity index (χ0n) is 12.2. The van der Waals surface area contributed by atoms with Crippen LogP contribution in [0.4, 0.5) is 5.13 Å². The van der Waals surface area contributed by atoms with E-state index >= 15 is 0 Å². The van der Waals surface area contributed by atoms with Gasteiger partial charge in [-0.2, -0.15) is 0 Å². The van der Waals surface area contributed by atoms with Gasteiger partial charge >= 0.3 is 5.97 Å². The first-order valence-corrected chi connectivity index (χ1v) is 7.57. The Labute approximate surface area is 132 Å². The van der Waals surface area contributed by atoms with Gasteiger partial charge in [0.25, 0.3) is 0 Å². The number of benzene rings is 1. The Morgan fingerprint density at radius 1 is 1.23 bits per heavy atom. The molecule has 0 atom stereocenters. The van der Waals surface area contributed by atoms with Crippen LogP contribution in [0.3, 0.4) is 0 Å². The Kier molecular flexibility index (Phi) is 5.06. The molecule has 0 aliphatic rings. The van der Waals surface area contributed by atoms with Crippen LogP contribution >= 0.6 is 11.3 Å². The van der Waals surface area contributed by atoms with E-state index in [1.807, 2.05) is 30.3 Å². The van der Waals surface area contributed by atoms with Crippen LogP contribution in [0.15, 0.2) is 30.3 Å². The number of hydrogen-bond donors (Lipinski definition) is 2. The van der Waals surface area contributed by atoms with Crippen LogP contribution in [-0.4, -0.2) is 22.0 Å². The van der Waals surface area contributed by atoms with E-state index in [9.17, 15) is 14.7 Å². The third kappa shape index (κ3) is 4.02. The summed E-state index contributed by atoms with van der Waals surface area (Å²) in [5.74, 6) is -1.44. The summed E-state index contributed by atoms with van der Waals surface area (Å²) in [5, 5.41) is 12.2. The molecule has 0 aliphatic carbocycles. The van der Waals surface area contributed by atoms with E-state index in [4.69, 9.17) is 0 Å². The molecule has 22 heavy (non-hydrogen) atoms. The number of rotatable bonds is 5. The largest absolute Gasteiger partial charge is 0.477 e. The highest BCUT2D eigenvalue weighted by Gasteiger charge is 2.17.